The number of sulfonamides is 1. The number of nitrogens with one attached hydrogen (secondary N) is 1. The normalized spacial score (nSPS) is 14.8. The Labute approximate surface area is 179 Å². The fourth-order valence-corrected chi connectivity index (χ4v) is 5.08. The Kier molecular flexibility index (Phi) is 7.50. The van der Waals surface area contributed by atoms with Gasteiger partial charge in [0, 0.05) is 25.2 Å². The van der Waals surface area contributed by atoms with E-state index in [1.54, 1.807) is 18.2 Å². The van der Waals surface area contributed by atoms with Gasteiger partial charge in [0.15, 0.2) is 0 Å². The number of hydrogen-bond acceptors (Lipinski definition) is 4. The van der Waals surface area contributed by atoms with Crippen LogP contribution in [0.1, 0.15) is 49.0 Å². The van der Waals surface area contributed by atoms with E-state index in [4.69, 9.17) is 4.74 Å². The smallest absolute Gasteiger partial charge is 0.251 e. The van der Waals surface area contributed by atoms with Crippen LogP contribution in [0.15, 0.2) is 53.4 Å². The molecule has 0 unspecified atom stereocenters. The Balaban J connectivity index is 1.53. The number of rotatable bonds is 9. The number of carbonyl (C=O) groups is 1. The Hall–Kier alpha value is -2.38. The second-order valence-electron chi connectivity index (χ2n) is 7.81. The molecule has 1 N–H and O–H groups in total. The van der Waals surface area contributed by atoms with Crippen LogP contribution in [0.25, 0.3) is 0 Å². The average molecular weight is 431 g/mol. The molecule has 0 saturated carbocycles. The van der Waals surface area contributed by atoms with Gasteiger partial charge >= 0.3 is 0 Å². The van der Waals surface area contributed by atoms with Crippen LogP contribution in [0.2, 0.25) is 0 Å². The van der Waals surface area contributed by atoms with Crippen molar-refractivity contribution in [3.05, 3.63) is 59.7 Å². The van der Waals surface area contributed by atoms with Crippen molar-refractivity contribution in [2.45, 2.75) is 50.5 Å². The molecule has 0 spiro atoms. The van der Waals surface area contributed by atoms with E-state index in [2.05, 4.69) is 5.32 Å². The molecule has 1 heterocycles. The minimum absolute atomic E-state index is 0.129. The highest BCUT2D eigenvalue weighted by molar-refractivity contribution is 7.89. The van der Waals surface area contributed by atoms with E-state index in [1.165, 1.54) is 10.4 Å². The molecule has 1 aliphatic heterocycles. The third-order valence-corrected chi connectivity index (χ3v) is 6.89. The standard InChI is InChI=1S/C23H30N2O4S/c1-18(2)29-21-11-5-8-19(16-21)9-7-13-24-23(26)20-10-6-12-22(17-20)30(27,28)25-14-3-4-15-25/h5-6,8,10-12,16-18H,3-4,7,9,13-15H2,1-2H3,(H,24,26). The van der Waals surface area contributed by atoms with Gasteiger partial charge in [-0.25, -0.2) is 8.42 Å². The van der Waals surface area contributed by atoms with Crippen LogP contribution < -0.4 is 10.1 Å². The summed E-state index contributed by atoms with van der Waals surface area (Å²) in [5.74, 6) is 0.591. The van der Waals surface area contributed by atoms with Crippen LogP contribution in [0.3, 0.4) is 0 Å². The van der Waals surface area contributed by atoms with Crippen LogP contribution in [0, 0.1) is 0 Å². The van der Waals surface area contributed by atoms with Gasteiger partial charge in [-0.3, -0.25) is 4.79 Å². The first-order chi connectivity index (χ1) is 14.4. The van der Waals surface area contributed by atoms with Crippen molar-refractivity contribution < 1.29 is 17.9 Å². The Morgan fingerprint density at radius 3 is 2.57 bits per heavy atom. The van der Waals surface area contributed by atoms with E-state index in [9.17, 15) is 13.2 Å². The van der Waals surface area contributed by atoms with Gasteiger partial charge < -0.3 is 10.1 Å². The van der Waals surface area contributed by atoms with Crippen LogP contribution in [-0.4, -0.2) is 44.4 Å². The number of ether oxygens (including phenoxy) is 1. The van der Waals surface area contributed by atoms with Crippen molar-refractivity contribution in [3.63, 3.8) is 0 Å². The van der Waals surface area contributed by atoms with E-state index >= 15 is 0 Å². The molecule has 0 aliphatic carbocycles. The van der Waals surface area contributed by atoms with Gasteiger partial charge in [0.1, 0.15) is 5.75 Å². The predicted octanol–water partition coefficient (Wildman–Crippen LogP) is 3.62. The number of nitrogens with zero attached hydrogens (tertiary/aromatic N) is 1. The Morgan fingerprint density at radius 1 is 1.10 bits per heavy atom. The maximum absolute atomic E-state index is 12.7. The molecule has 2 aromatic carbocycles. The second kappa shape index (κ2) is 10.1. The lowest BCUT2D eigenvalue weighted by Gasteiger charge is -2.16. The summed E-state index contributed by atoms with van der Waals surface area (Å²) < 4.78 is 32.6. The van der Waals surface area contributed by atoms with Gasteiger partial charge in [-0.1, -0.05) is 18.2 Å². The summed E-state index contributed by atoms with van der Waals surface area (Å²) >= 11 is 0. The van der Waals surface area contributed by atoms with E-state index in [1.807, 2.05) is 38.1 Å². The maximum Gasteiger partial charge on any atom is 0.251 e. The first-order valence-electron chi connectivity index (χ1n) is 10.5. The zero-order valence-corrected chi connectivity index (χ0v) is 18.5. The zero-order valence-electron chi connectivity index (χ0n) is 17.6. The molecule has 0 bridgehead atoms. The highest BCUT2D eigenvalue weighted by Crippen LogP contribution is 2.21. The lowest BCUT2D eigenvalue weighted by molar-refractivity contribution is 0.0953. The van der Waals surface area contributed by atoms with Gasteiger partial charge in [-0.05, 0) is 75.4 Å². The Morgan fingerprint density at radius 2 is 1.83 bits per heavy atom. The summed E-state index contributed by atoms with van der Waals surface area (Å²) in [6.07, 6.45) is 3.49. The molecule has 1 aliphatic rings. The number of aryl methyl sites for hydroxylation is 1. The summed E-state index contributed by atoms with van der Waals surface area (Å²) in [6, 6.07) is 14.3. The third kappa shape index (κ3) is 5.83. The van der Waals surface area contributed by atoms with Crippen molar-refractivity contribution in [1.29, 1.82) is 0 Å². The molecule has 2 aromatic rings. The van der Waals surface area contributed by atoms with Crippen molar-refractivity contribution in [2.24, 2.45) is 0 Å². The zero-order chi connectivity index (χ0) is 21.6. The first-order valence-corrected chi connectivity index (χ1v) is 11.9. The third-order valence-electron chi connectivity index (χ3n) is 5.00. The molecule has 1 amide bonds. The van der Waals surface area contributed by atoms with Crippen LogP contribution in [0.5, 0.6) is 5.75 Å². The van der Waals surface area contributed by atoms with E-state index < -0.39 is 10.0 Å². The molecular formula is C23H30N2O4S. The molecule has 7 heteroatoms. The van der Waals surface area contributed by atoms with Crippen LogP contribution in [-0.2, 0) is 16.4 Å². The SMILES string of the molecule is CC(C)Oc1cccc(CCCNC(=O)c2cccc(S(=O)(=O)N3CCCC3)c2)c1. The quantitative estimate of drug-likeness (QED) is 0.617. The Bertz CT molecular complexity index is 967. The molecule has 30 heavy (non-hydrogen) atoms. The monoisotopic (exact) mass is 430 g/mol. The van der Waals surface area contributed by atoms with Crippen molar-refractivity contribution in [2.75, 3.05) is 19.6 Å². The highest BCUT2D eigenvalue weighted by Gasteiger charge is 2.27. The van der Waals surface area contributed by atoms with Crippen molar-refractivity contribution >= 4 is 15.9 Å². The topological polar surface area (TPSA) is 75.7 Å². The molecule has 0 atom stereocenters. The molecule has 3 rings (SSSR count). The molecule has 0 aromatic heterocycles. The number of amides is 1. The van der Waals surface area contributed by atoms with Gasteiger partial charge in [-0.2, -0.15) is 4.31 Å². The minimum Gasteiger partial charge on any atom is -0.491 e. The first kappa shape index (κ1) is 22.3. The average Bonchev–Trinajstić information content (AvgIpc) is 3.27. The lowest BCUT2D eigenvalue weighted by atomic mass is 10.1. The largest absolute Gasteiger partial charge is 0.491 e. The predicted molar refractivity (Wildman–Crippen MR) is 117 cm³/mol. The summed E-state index contributed by atoms with van der Waals surface area (Å²) in [5.41, 5.74) is 1.52. The van der Waals surface area contributed by atoms with Crippen molar-refractivity contribution in [1.82, 2.24) is 9.62 Å². The summed E-state index contributed by atoms with van der Waals surface area (Å²) in [4.78, 5) is 12.7. The van der Waals surface area contributed by atoms with E-state index in [0.717, 1.165) is 37.0 Å². The fraction of sp³-hybridized carbons (Fsp3) is 0.435. The summed E-state index contributed by atoms with van der Waals surface area (Å²) in [6.45, 7) is 5.59. The van der Waals surface area contributed by atoms with Gasteiger partial charge in [0.25, 0.3) is 5.91 Å². The van der Waals surface area contributed by atoms with Gasteiger partial charge in [0.05, 0.1) is 11.0 Å². The maximum atomic E-state index is 12.7. The molecule has 1 saturated heterocycles. The minimum atomic E-state index is -3.53. The van der Waals surface area contributed by atoms with Crippen molar-refractivity contribution in [3.8, 4) is 5.75 Å². The summed E-state index contributed by atoms with van der Waals surface area (Å²) in [7, 11) is -3.53. The van der Waals surface area contributed by atoms with Gasteiger partial charge in [0.2, 0.25) is 10.0 Å². The van der Waals surface area contributed by atoms with Gasteiger partial charge in [-0.15, -0.1) is 0 Å². The molecule has 1 fully saturated rings. The molecule has 6 nitrogen and oxygen atoms in total. The fourth-order valence-electron chi connectivity index (χ4n) is 3.52. The number of carbonyl (C=O) groups excluding carboxylic acids is 1. The van der Waals surface area contributed by atoms with E-state index in [0.29, 0.717) is 25.2 Å². The highest BCUT2D eigenvalue weighted by atomic mass is 32.2. The van der Waals surface area contributed by atoms with Crippen LogP contribution in [0.4, 0.5) is 0 Å². The molecular weight excluding hydrogens is 400 g/mol. The lowest BCUT2D eigenvalue weighted by Crippen LogP contribution is -2.29. The molecule has 0 radical (unpaired) electrons. The van der Waals surface area contributed by atoms with E-state index in [-0.39, 0.29) is 16.9 Å². The summed E-state index contributed by atoms with van der Waals surface area (Å²) in [5, 5.41) is 2.89. The van der Waals surface area contributed by atoms with Crippen LogP contribution >= 0.6 is 0 Å². The number of hydrogen-bond donors (Lipinski definition) is 1. The second-order valence-corrected chi connectivity index (χ2v) is 9.75. The number of benzene rings is 2. The molecule has 162 valence electrons.